The van der Waals surface area contributed by atoms with Gasteiger partial charge in [0.2, 0.25) is 5.88 Å². The standard InChI is InChI=1S/C17H21ClF2N4O/c1-11-6-12(8-24-16(11)25-10-17(2,19)20)7-22-9-13-14(21-3)4-5-23-15(13)18/h4-6,8-9,14,21-22H,7,10H2,1-3H3/b13-9+. The van der Waals surface area contributed by atoms with Gasteiger partial charge in [-0.15, -0.1) is 0 Å². The first-order chi connectivity index (χ1) is 11.8. The number of pyridine rings is 1. The van der Waals surface area contributed by atoms with E-state index in [1.807, 2.05) is 19.2 Å². The number of ether oxygens (including phenoxy) is 1. The van der Waals surface area contributed by atoms with E-state index in [9.17, 15) is 8.78 Å². The van der Waals surface area contributed by atoms with Crippen molar-refractivity contribution in [2.75, 3.05) is 13.7 Å². The summed E-state index contributed by atoms with van der Waals surface area (Å²) in [6.45, 7) is 2.39. The Labute approximate surface area is 150 Å². The zero-order valence-electron chi connectivity index (χ0n) is 14.3. The Hall–Kier alpha value is -1.99. The molecule has 1 aliphatic rings. The first-order valence-electron chi connectivity index (χ1n) is 7.77. The summed E-state index contributed by atoms with van der Waals surface area (Å²) in [6, 6.07) is 1.83. The van der Waals surface area contributed by atoms with Crippen molar-refractivity contribution in [2.24, 2.45) is 4.99 Å². The number of hydrogen-bond acceptors (Lipinski definition) is 5. The highest BCUT2D eigenvalue weighted by molar-refractivity contribution is 6.70. The lowest BCUT2D eigenvalue weighted by molar-refractivity contribution is -0.0244. The summed E-state index contributed by atoms with van der Waals surface area (Å²) in [5.74, 6) is -2.67. The third kappa shape index (κ3) is 5.79. The molecule has 8 heteroatoms. The number of aromatic nitrogens is 1. The molecule has 2 N–H and O–H groups in total. The predicted octanol–water partition coefficient (Wildman–Crippen LogP) is 3.15. The van der Waals surface area contributed by atoms with E-state index in [0.29, 0.717) is 17.3 Å². The Morgan fingerprint density at radius 1 is 1.44 bits per heavy atom. The second-order valence-electron chi connectivity index (χ2n) is 5.83. The number of aliphatic imine (C=N–C) groups is 1. The summed E-state index contributed by atoms with van der Waals surface area (Å²) >= 11 is 6.12. The molecule has 0 aromatic carbocycles. The predicted molar refractivity (Wildman–Crippen MR) is 95.3 cm³/mol. The maximum Gasteiger partial charge on any atom is 0.278 e. The average molecular weight is 371 g/mol. The fraction of sp³-hybridized carbons (Fsp3) is 0.412. The van der Waals surface area contributed by atoms with Gasteiger partial charge in [0, 0.05) is 43.2 Å². The molecule has 1 unspecified atom stereocenters. The minimum absolute atomic E-state index is 0.0103. The van der Waals surface area contributed by atoms with E-state index >= 15 is 0 Å². The number of likely N-dealkylation sites (N-methyl/N-ethyl adjacent to an activating group) is 1. The summed E-state index contributed by atoms with van der Waals surface area (Å²) in [5, 5.41) is 6.72. The monoisotopic (exact) mass is 370 g/mol. The molecule has 25 heavy (non-hydrogen) atoms. The molecule has 5 nitrogen and oxygen atoms in total. The van der Waals surface area contributed by atoms with Crippen molar-refractivity contribution < 1.29 is 13.5 Å². The maximum atomic E-state index is 12.9. The van der Waals surface area contributed by atoms with Crippen LogP contribution in [0.25, 0.3) is 0 Å². The number of hydrogen-bond donors (Lipinski definition) is 2. The van der Waals surface area contributed by atoms with Crippen molar-refractivity contribution in [3.63, 3.8) is 0 Å². The lowest BCUT2D eigenvalue weighted by atomic mass is 10.1. The smallest absolute Gasteiger partial charge is 0.278 e. The molecular weight excluding hydrogens is 350 g/mol. The molecule has 1 aromatic rings. The third-order valence-corrected chi connectivity index (χ3v) is 3.78. The molecule has 1 atom stereocenters. The summed E-state index contributed by atoms with van der Waals surface area (Å²) in [5.41, 5.74) is 2.43. The lowest BCUT2D eigenvalue weighted by Crippen LogP contribution is -2.30. The molecule has 2 rings (SSSR count). The van der Waals surface area contributed by atoms with Crippen LogP contribution in [0.4, 0.5) is 8.78 Å². The molecule has 136 valence electrons. The van der Waals surface area contributed by atoms with Gasteiger partial charge < -0.3 is 15.4 Å². The van der Waals surface area contributed by atoms with Crippen molar-refractivity contribution in [3.05, 3.63) is 47.4 Å². The van der Waals surface area contributed by atoms with Crippen molar-refractivity contribution in [1.82, 2.24) is 15.6 Å². The number of alkyl halides is 2. The normalized spacial score (nSPS) is 19.0. The third-order valence-electron chi connectivity index (χ3n) is 3.46. The molecule has 0 aliphatic carbocycles. The highest BCUT2D eigenvalue weighted by atomic mass is 35.5. The minimum Gasteiger partial charge on any atom is -0.471 e. The van der Waals surface area contributed by atoms with Crippen LogP contribution < -0.4 is 15.4 Å². The van der Waals surface area contributed by atoms with Crippen LogP contribution in [0.5, 0.6) is 5.88 Å². The van der Waals surface area contributed by atoms with E-state index in [-0.39, 0.29) is 11.9 Å². The molecule has 0 saturated heterocycles. The number of halogens is 3. The number of nitrogens with zero attached hydrogens (tertiary/aromatic N) is 2. The van der Waals surface area contributed by atoms with Gasteiger partial charge in [-0.1, -0.05) is 11.6 Å². The molecular formula is C17H21ClF2N4O. The Bertz CT molecular complexity index is 698. The van der Waals surface area contributed by atoms with Gasteiger partial charge >= 0.3 is 0 Å². The second-order valence-corrected chi connectivity index (χ2v) is 6.19. The van der Waals surface area contributed by atoms with Crippen molar-refractivity contribution in [2.45, 2.75) is 32.4 Å². The fourth-order valence-corrected chi connectivity index (χ4v) is 2.47. The van der Waals surface area contributed by atoms with Gasteiger partial charge in [-0.2, -0.15) is 0 Å². The number of nitrogens with one attached hydrogen (secondary N) is 2. The Kier molecular flexibility index (Phi) is 6.50. The van der Waals surface area contributed by atoms with Crippen molar-refractivity contribution >= 4 is 16.8 Å². The fourth-order valence-electron chi connectivity index (χ4n) is 2.24. The molecule has 0 saturated carbocycles. The van der Waals surface area contributed by atoms with Crippen LogP contribution in [0.2, 0.25) is 0 Å². The SMILES string of the molecule is CNC1C=CN=C(Cl)/C1=C/NCc1cnc(OCC(C)(F)F)c(C)c1. The molecule has 0 radical (unpaired) electrons. The molecule has 0 amide bonds. The molecule has 1 aromatic heterocycles. The maximum absolute atomic E-state index is 12.9. The van der Waals surface area contributed by atoms with Crippen LogP contribution in [0.15, 0.2) is 41.3 Å². The van der Waals surface area contributed by atoms with Gasteiger partial charge in [-0.3, -0.25) is 0 Å². The Morgan fingerprint density at radius 2 is 2.20 bits per heavy atom. The quantitative estimate of drug-likeness (QED) is 0.774. The summed E-state index contributed by atoms with van der Waals surface area (Å²) in [6.07, 6.45) is 6.95. The summed E-state index contributed by atoms with van der Waals surface area (Å²) < 4.78 is 30.8. The average Bonchev–Trinajstić information content (AvgIpc) is 2.54. The van der Waals surface area contributed by atoms with Crippen LogP contribution in [0.1, 0.15) is 18.1 Å². The first kappa shape index (κ1) is 19.3. The Morgan fingerprint density at radius 3 is 2.84 bits per heavy atom. The summed E-state index contributed by atoms with van der Waals surface area (Å²) in [4.78, 5) is 8.17. The second kappa shape index (κ2) is 8.40. The molecule has 1 aliphatic heterocycles. The lowest BCUT2D eigenvalue weighted by Gasteiger charge is -2.18. The zero-order valence-corrected chi connectivity index (χ0v) is 15.1. The van der Waals surface area contributed by atoms with E-state index in [1.165, 1.54) is 0 Å². The van der Waals surface area contributed by atoms with Crippen molar-refractivity contribution in [1.29, 1.82) is 0 Å². The van der Waals surface area contributed by atoms with E-state index < -0.39 is 12.5 Å². The van der Waals surface area contributed by atoms with Gasteiger partial charge in [0.1, 0.15) is 5.17 Å². The first-order valence-corrected chi connectivity index (χ1v) is 8.15. The van der Waals surface area contributed by atoms with Crippen molar-refractivity contribution in [3.8, 4) is 5.88 Å². The van der Waals surface area contributed by atoms with Gasteiger partial charge in [0.15, 0.2) is 6.61 Å². The zero-order chi connectivity index (χ0) is 18.4. The van der Waals surface area contributed by atoms with Crippen LogP contribution in [-0.2, 0) is 6.54 Å². The van der Waals surface area contributed by atoms with Crippen LogP contribution in [-0.4, -0.2) is 35.8 Å². The topological polar surface area (TPSA) is 58.5 Å². The van der Waals surface area contributed by atoms with Gasteiger partial charge in [0.25, 0.3) is 5.92 Å². The molecule has 0 spiro atoms. The number of aryl methyl sites for hydroxylation is 1. The molecule has 0 fully saturated rings. The van der Waals surface area contributed by atoms with E-state index in [0.717, 1.165) is 18.1 Å². The van der Waals surface area contributed by atoms with E-state index in [2.05, 4.69) is 20.6 Å². The van der Waals surface area contributed by atoms with Gasteiger partial charge in [-0.05, 0) is 31.7 Å². The molecule has 2 heterocycles. The summed E-state index contributed by atoms with van der Waals surface area (Å²) in [7, 11) is 1.84. The minimum atomic E-state index is -2.89. The van der Waals surface area contributed by atoms with Crippen LogP contribution in [0, 0.1) is 6.92 Å². The molecule has 0 bridgehead atoms. The number of rotatable bonds is 7. The van der Waals surface area contributed by atoms with Gasteiger partial charge in [-0.25, -0.2) is 18.8 Å². The highest BCUT2D eigenvalue weighted by Gasteiger charge is 2.22. The van der Waals surface area contributed by atoms with E-state index in [1.54, 1.807) is 25.5 Å². The van der Waals surface area contributed by atoms with Crippen LogP contribution >= 0.6 is 11.6 Å². The highest BCUT2D eigenvalue weighted by Crippen LogP contribution is 2.19. The van der Waals surface area contributed by atoms with Crippen LogP contribution in [0.3, 0.4) is 0 Å². The van der Waals surface area contributed by atoms with E-state index in [4.69, 9.17) is 16.3 Å². The van der Waals surface area contributed by atoms with Gasteiger partial charge in [0.05, 0.1) is 6.04 Å². The largest absolute Gasteiger partial charge is 0.471 e. The Balaban J connectivity index is 1.97.